The normalized spacial score (nSPS) is 18.1. The van der Waals surface area contributed by atoms with Crippen molar-refractivity contribution < 1.29 is 8.78 Å². The van der Waals surface area contributed by atoms with E-state index in [9.17, 15) is 8.78 Å². The van der Waals surface area contributed by atoms with Gasteiger partial charge in [-0.2, -0.15) is 0 Å². The van der Waals surface area contributed by atoms with Crippen molar-refractivity contribution in [3.63, 3.8) is 0 Å². The lowest BCUT2D eigenvalue weighted by Crippen LogP contribution is -2.27. The number of hydrogen-bond donors (Lipinski definition) is 2. The quantitative estimate of drug-likeness (QED) is 0.875. The van der Waals surface area contributed by atoms with Gasteiger partial charge in [-0.1, -0.05) is 6.07 Å². The number of piperidine rings is 1. The third-order valence-corrected chi connectivity index (χ3v) is 3.73. The van der Waals surface area contributed by atoms with Gasteiger partial charge in [0.05, 0.1) is 11.0 Å². The number of halogens is 2. The number of nitrogens with one attached hydrogen (secondary N) is 2. The number of aromatic amines is 1. The van der Waals surface area contributed by atoms with Crippen molar-refractivity contribution >= 4 is 11.0 Å². The lowest BCUT2D eigenvalue weighted by molar-refractivity contribution is 0.0176. The van der Waals surface area contributed by atoms with E-state index >= 15 is 0 Å². The highest BCUT2D eigenvalue weighted by Crippen LogP contribution is 2.30. The summed E-state index contributed by atoms with van der Waals surface area (Å²) in [5.41, 5.74) is 1.50. The molecule has 0 saturated carbocycles. The van der Waals surface area contributed by atoms with E-state index in [-0.39, 0.29) is 5.56 Å². The molecule has 1 aromatic carbocycles. The number of H-pyrrole nitrogens is 1. The zero-order valence-electron chi connectivity index (χ0n) is 10.8. The first-order chi connectivity index (χ1) is 9.04. The lowest BCUT2D eigenvalue weighted by Gasteiger charge is -2.20. The molecule has 0 unspecified atom stereocenters. The van der Waals surface area contributed by atoms with Crippen LogP contribution in [-0.4, -0.2) is 23.1 Å². The van der Waals surface area contributed by atoms with Crippen molar-refractivity contribution in [3.05, 3.63) is 29.6 Å². The second kappa shape index (κ2) is 4.56. The maximum Gasteiger partial charge on any atom is 0.270 e. The van der Waals surface area contributed by atoms with Gasteiger partial charge in [0.2, 0.25) is 0 Å². The molecule has 3 nitrogen and oxygen atoms in total. The predicted molar refractivity (Wildman–Crippen MR) is 70.5 cm³/mol. The Morgan fingerprint density at radius 1 is 1.26 bits per heavy atom. The first kappa shape index (κ1) is 12.5. The fourth-order valence-corrected chi connectivity index (χ4v) is 2.59. The minimum absolute atomic E-state index is 0.0283. The molecule has 1 aromatic heterocycles. The van der Waals surface area contributed by atoms with Crippen LogP contribution in [0.3, 0.4) is 0 Å². The van der Waals surface area contributed by atoms with E-state index in [1.807, 2.05) is 0 Å². The van der Waals surface area contributed by atoms with E-state index in [0.717, 1.165) is 44.2 Å². The van der Waals surface area contributed by atoms with E-state index in [1.54, 1.807) is 6.07 Å². The van der Waals surface area contributed by atoms with Crippen molar-refractivity contribution in [1.82, 2.24) is 15.3 Å². The molecule has 2 heterocycles. The summed E-state index contributed by atoms with van der Waals surface area (Å²) >= 11 is 0. The number of rotatable bonds is 2. The van der Waals surface area contributed by atoms with Crippen LogP contribution in [0.1, 0.15) is 37.1 Å². The third kappa shape index (κ3) is 2.47. The van der Waals surface area contributed by atoms with Crippen LogP contribution in [0.4, 0.5) is 8.78 Å². The Labute approximate surface area is 110 Å². The van der Waals surface area contributed by atoms with Crippen LogP contribution < -0.4 is 5.32 Å². The standard InChI is InChI=1S/C14H17F2N3/c1-14(15,16)10-2-3-11-12(8-10)19-13(18-11)9-4-6-17-7-5-9/h2-3,8-9,17H,4-7H2,1H3,(H,18,19). The molecule has 2 N–H and O–H groups in total. The number of nitrogens with zero attached hydrogens (tertiary/aromatic N) is 1. The average molecular weight is 265 g/mol. The van der Waals surface area contributed by atoms with Crippen molar-refractivity contribution in [2.45, 2.75) is 31.6 Å². The summed E-state index contributed by atoms with van der Waals surface area (Å²) in [5.74, 6) is -1.49. The molecule has 5 heteroatoms. The fraction of sp³-hybridized carbons (Fsp3) is 0.500. The summed E-state index contributed by atoms with van der Waals surface area (Å²) in [5, 5.41) is 3.31. The molecule has 1 saturated heterocycles. The molecule has 0 radical (unpaired) electrons. The highest BCUT2D eigenvalue weighted by atomic mass is 19.3. The highest BCUT2D eigenvalue weighted by Gasteiger charge is 2.25. The summed E-state index contributed by atoms with van der Waals surface area (Å²) in [4.78, 5) is 7.74. The summed E-state index contributed by atoms with van der Waals surface area (Å²) < 4.78 is 26.6. The van der Waals surface area contributed by atoms with E-state index in [2.05, 4.69) is 15.3 Å². The summed E-state index contributed by atoms with van der Waals surface area (Å²) in [7, 11) is 0. The van der Waals surface area contributed by atoms with Crippen LogP contribution in [0, 0.1) is 0 Å². The number of aromatic nitrogens is 2. The van der Waals surface area contributed by atoms with Gasteiger partial charge in [0.15, 0.2) is 0 Å². The van der Waals surface area contributed by atoms with Crippen LogP contribution in [0.5, 0.6) is 0 Å². The summed E-state index contributed by atoms with van der Waals surface area (Å²) in [6, 6.07) is 4.63. The molecule has 0 amide bonds. The third-order valence-electron chi connectivity index (χ3n) is 3.73. The topological polar surface area (TPSA) is 40.7 Å². The molecule has 1 fully saturated rings. The first-order valence-corrected chi connectivity index (χ1v) is 6.63. The van der Waals surface area contributed by atoms with Crippen molar-refractivity contribution in [3.8, 4) is 0 Å². The average Bonchev–Trinajstić information content (AvgIpc) is 2.81. The highest BCUT2D eigenvalue weighted by molar-refractivity contribution is 5.76. The Kier molecular flexibility index (Phi) is 3.01. The fourth-order valence-electron chi connectivity index (χ4n) is 2.59. The SMILES string of the molecule is CC(F)(F)c1ccc2nc(C3CCNCC3)[nH]c2c1. The molecule has 0 spiro atoms. The van der Waals surface area contributed by atoms with Gasteiger partial charge in [0.1, 0.15) is 5.82 Å². The first-order valence-electron chi connectivity index (χ1n) is 6.63. The maximum absolute atomic E-state index is 13.3. The Hall–Kier alpha value is -1.49. The second-order valence-corrected chi connectivity index (χ2v) is 5.27. The summed E-state index contributed by atoms with van der Waals surface area (Å²) in [6.07, 6.45) is 2.08. The van der Waals surface area contributed by atoms with Crippen LogP contribution in [0.25, 0.3) is 11.0 Å². The van der Waals surface area contributed by atoms with Gasteiger partial charge >= 0.3 is 0 Å². The maximum atomic E-state index is 13.3. The molecule has 3 rings (SSSR count). The van der Waals surface area contributed by atoms with Gasteiger partial charge in [-0.05, 0) is 38.1 Å². The molecule has 0 aliphatic carbocycles. The lowest BCUT2D eigenvalue weighted by atomic mass is 9.98. The Balaban J connectivity index is 1.96. The van der Waals surface area contributed by atoms with E-state index < -0.39 is 5.92 Å². The largest absolute Gasteiger partial charge is 0.342 e. The molecule has 102 valence electrons. The number of hydrogen-bond acceptors (Lipinski definition) is 2. The van der Waals surface area contributed by atoms with E-state index in [1.165, 1.54) is 12.1 Å². The van der Waals surface area contributed by atoms with Crippen LogP contribution >= 0.6 is 0 Å². The van der Waals surface area contributed by atoms with Gasteiger partial charge < -0.3 is 10.3 Å². The van der Waals surface area contributed by atoms with Crippen LogP contribution in [-0.2, 0) is 5.92 Å². The molecule has 2 aromatic rings. The zero-order valence-corrected chi connectivity index (χ0v) is 10.8. The molecule has 1 aliphatic heterocycles. The van der Waals surface area contributed by atoms with Gasteiger partial charge in [-0.3, -0.25) is 0 Å². The Morgan fingerprint density at radius 2 is 2.00 bits per heavy atom. The van der Waals surface area contributed by atoms with Gasteiger partial charge in [-0.25, -0.2) is 13.8 Å². The van der Waals surface area contributed by atoms with Crippen LogP contribution in [0.15, 0.2) is 18.2 Å². The zero-order chi connectivity index (χ0) is 13.5. The molecular weight excluding hydrogens is 248 g/mol. The van der Waals surface area contributed by atoms with Crippen molar-refractivity contribution in [2.24, 2.45) is 0 Å². The Morgan fingerprint density at radius 3 is 2.68 bits per heavy atom. The molecule has 1 aliphatic rings. The second-order valence-electron chi connectivity index (χ2n) is 5.27. The van der Waals surface area contributed by atoms with Gasteiger partial charge in [-0.15, -0.1) is 0 Å². The molecular formula is C14H17F2N3. The van der Waals surface area contributed by atoms with Crippen molar-refractivity contribution in [1.29, 1.82) is 0 Å². The Bertz CT molecular complexity index is 580. The predicted octanol–water partition coefficient (Wildman–Crippen LogP) is 3.14. The van der Waals surface area contributed by atoms with Crippen LogP contribution in [0.2, 0.25) is 0 Å². The number of benzene rings is 1. The molecule has 0 bridgehead atoms. The minimum Gasteiger partial charge on any atom is -0.342 e. The van der Waals surface area contributed by atoms with E-state index in [4.69, 9.17) is 0 Å². The number of fused-ring (bicyclic) bond motifs is 1. The van der Waals surface area contributed by atoms with Gasteiger partial charge in [0.25, 0.3) is 5.92 Å². The van der Waals surface area contributed by atoms with Crippen molar-refractivity contribution in [2.75, 3.05) is 13.1 Å². The minimum atomic E-state index is -2.81. The summed E-state index contributed by atoms with van der Waals surface area (Å²) in [6.45, 7) is 2.89. The van der Waals surface area contributed by atoms with Gasteiger partial charge in [0, 0.05) is 18.4 Å². The molecule has 19 heavy (non-hydrogen) atoms. The van der Waals surface area contributed by atoms with E-state index in [0.29, 0.717) is 11.4 Å². The smallest absolute Gasteiger partial charge is 0.270 e. The number of imidazole rings is 1. The number of alkyl halides is 2. The molecule has 0 atom stereocenters. The monoisotopic (exact) mass is 265 g/mol.